The van der Waals surface area contributed by atoms with Gasteiger partial charge in [0.1, 0.15) is 17.7 Å². The van der Waals surface area contributed by atoms with Crippen molar-refractivity contribution in [3.05, 3.63) is 89.4 Å². The van der Waals surface area contributed by atoms with Crippen molar-refractivity contribution in [3.8, 4) is 0 Å². The molecule has 7 nitrogen and oxygen atoms in total. The average Bonchev–Trinajstić information content (AvgIpc) is 3.24. The Kier molecular flexibility index (Phi) is 6.02. The lowest BCUT2D eigenvalue weighted by Gasteiger charge is -2.19. The van der Waals surface area contributed by atoms with Crippen LogP contribution in [0.15, 0.2) is 67.0 Å². The van der Waals surface area contributed by atoms with Gasteiger partial charge in [0.15, 0.2) is 17.4 Å². The maximum Gasteiger partial charge on any atom is 0.173 e. The molecule has 2 heterocycles. The first-order valence-corrected chi connectivity index (χ1v) is 9.88. The van der Waals surface area contributed by atoms with E-state index in [1.165, 1.54) is 0 Å². The SMILES string of the molecule is COC(c1ccccc1)n1cnc(=N)c2[nH]c(C(C)COCc3ccccc3)nc21. The van der Waals surface area contributed by atoms with Crippen LogP contribution >= 0.6 is 0 Å². The van der Waals surface area contributed by atoms with Gasteiger partial charge in [-0.3, -0.25) is 9.98 Å². The van der Waals surface area contributed by atoms with Crippen LogP contribution in [0, 0.1) is 5.41 Å². The normalized spacial score (nSPS) is 13.4. The second-order valence-corrected chi connectivity index (χ2v) is 7.22. The molecule has 4 aromatic rings. The Hall–Kier alpha value is -3.29. The van der Waals surface area contributed by atoms with Crippen LogP contribution in [0.5, 0.6) is 0 Å². The van der Waals surface area contributed by atoms with Gasteiger partial charge in [0.2, 0.25) is 0 Å². The number of nitrogens with zero attached hydrogens (tertiary/aromatic N) is 3. The maximum atomic E-state index is 8.20. The van der Waals surface area contributed by atoms with E-state index in [9.17, 15) is 0 Å². The predicted molar refractivity (Wildman–Crippen MR) is 114 cm³/mol. The van der Waals surface area contributed by atoms with Crippen LogP contribution in [-0.2, 0) is 16.1 Å². The lowest BCUT2D eigenvalue weighted by atomic mass is 10.2. The van der Waals surface area contributed by atoms with Crippen molar-refractivity contribution < 1.29 is 9.47 Å². The van der Waals surface area contributed by atoms with E-state index < -0.39 is 0 Å². The van der Waals surface area contributed by atoms with Gasteiger partial charge in [-0.1, -0.05) is 67.6 Å². The highest BCUT2D eigenvalue weighted by Crippen LogP contribution is 2.23. The van der Waals surface area contributed by atoms with Gasteiger partial charge in [0, 0.05) is 18.6 Å². The molecule has 0 aliphatic rings. The third kappa shape index (κ3) is 4.17. The Morgan fingerprint density at radius 1 is 1.07 bits per heavy atom. The summed E-state index contributed by atoms with van der Waals surface area (Å²) >= 11 is 0. The molecule has 0 saturated carbocycles. The van der Waals surface area contributed by atoms with Gasteiger partial charge in [0.25, 0.3) is 0 Å². The van der Waals surface area contributed by atoms with Crippen molar-refractivity contribution >= 4 is 11.2 Å². The molecular weight excluding hydrogens is 378 g/mol. The van der Waals surface area contributed by atoms with Crippen LogP contribution in [0.25, 0.3) is 11.2 Å². The van der Waals surface area contributed by atoms with Crippen molar-refractivity contribution in [2.45, 2.75) is 25.7 Å². The average molecular weight is 403 g/mol. The molecule has 0 saturated heterocycles. The Bertz CT molecular complexity index is 1150. The molecule has 154 valence electrons. The summed E-state index contributed by atoms with van der Waals surface area (Å²) in [5.74, 6) is 0.794. The molecule has 2 atom stereocenters. The summed E-state index contributed by atoms with van der Waals surface area (Å²) in [6, 6.07) is 20.0. The smallest absolute Gasteiger partial charge is 0.173 e. The van der Waals surface area contributed by atoms with E-state index in [4.69, 9.17) is 19.9 Å². The quantitative estimate of drug-likeness (QED) is 0.469. The molecule has 2 aromatic carbocycles. The van der Waals surface area contributed by atoms with Crippen molar-refractivity contribution in [2.24, 2.45) is 0 Å². The van der Waals surface area contributed by atoms with E-state index in [2.05, 4.69) is 16.9 Å². The summed E-state index contributed by atoms with van der Waals surface area (Å²) in [6.07, 6.45) is 1.22. The molecule has 0 aliphatic carbocycles. The van der Waals surface area contributed by atoms with Crippen LogP contribution < -0.4 is 5.49 Å². The first kappa shape index (κ1) is 20.0. The molecule has 7 heteroatoms. The Labute approximate surface area is 174 Å². The molecule has 2 aromatic heterocycles. The summed E-state index contributed by atoms with van der Waals surface area (Å²) in [4.78, 5) is 12.3. The highest BCUT2D eigenvalue weighted by molar-refractivity contribution is 5.69. The molecule has 0 amide bonds. The van der Waals surface area contributed by atoms with Crippen LogP contribution in [0.3, 0.4) is 0 Å². The molecule has 0 aliphatic heterocycles. The number of nitrogens with one attached hydrogen (secondary N) is 2. The Morgan fingerprint density at radius 3 is 2.47 bits per heavy atom. The summed E-state index contributed by atoms with van der Waals surface area (Å²) < 4.78 is 13.5. The van der Waals surface area contributed by atoms with E-state index in [0.717, 1.165) is 17.0 Å². The molecule has 2 N–H and O–H groups in total. The summed E-state index contributed by atoms with van der Waals surface area (Å²) in [5, 5.41) is 8.20. The standard InChI is InChI=1S/C23H25N5O2/c1-16(13-30-14-17-9-5-3-6-10-17)21-26-19-20(24)25-15-28(22(19)27-21)23(29-2)18-11-7-4-8-12-18/h3-12,15-16,23-24H,13-14H2,1-2H3,(H,26,27). The van der Waals surface area contributed by atoms with Gasteiger partial charge in [-0.05, 0) is 5.56 Å². The zero-order chi connectivity index (χ0) is 20.9. The molecular formula is C23H25N5O2. The number of methoxy groups -OCH3 is 1. The minimum absolute atomic E-state index is 0.0340. The number of aromatic amines is 1. The Morgan fingerprint density at radius 2 is 1.77 bits per heavy atom. The fraction of sp³-hybridized carbons (Fsp3) is 0.261. The Balaban J connectivity index is 1.59. The third-order valence-corrected chi connectivity index (χ3v) is 5.00. The summed E-state index contributed by atoms with van der Waals surface area (Å²) in [7, 11) is 1.65. The molecule has 0 radical (unpaired) electrons. The number of hydrogen-bond acceptors (Lipinski definition) is 5. The molecule has 4 rings (SSSR count). The number of fused-ring (bicyclic) bond motifs is 1. The molecule has 0 fully saturated rings. The van der Waals surface area contributed by atoms with Crippen molar-refractivity contribution in [2.75, 3.05) is 13.7 Å². The number of imidazole rings is 1. The topological polar surface area (TPSA) is 88.8 Å². The number of rotatable bonds is 8. The first-order valence-electron chi connectivity index (χ1n) is 9.88. The summed E-state index contributed by atoms with van der Waals surface area (Å²) in [5.41, 5.74) is 3.49. The van der Waals surface area contributed by atoms with E-state index >= 15 is 0 Å². The first-order chi connectivity index (χ1) is 14.7. The lowest BCUT2D eigenvalue weighted by molar-refractivity contribution is 0.0804. The number of H-pyrrole nitrogens is 1. The van der Waals surface area contributed by atoms with Crippen LogP contribution in [0.4, 0.5) is 0 Å². The van der Waals surface area contributed by atoms with Crippen LogP contribution in [0.1, 0.15) is 36.0 Å². The third-order valence-electron chi connectivity index (χ3n) is 5.00. The van der Waals surface area contributed by atoms with Crippen LogP contribution in [0.2, 0.25) is 0 Å². The molecule has 30 heavy (non-hydrogen) atoms. The van der Waals surface area contributed by atoms with Gasteiger partial charge in [-0.2, -0.15) is 0 Å². The maximum absolute atomic E-state index is 8.20. The van der Waals surface area contributed by atoms with Gasteiger partial charge < -0.3 is 14.5 Å². The minimum Gasteiger partial charge on any atom is -0.376 e. The van der Waals surface area contributed by atoms with Crippen LogP contribution in [-0.4, -0.2) is 33.2 Å². The van der Waals surface area contributed by atoms with E-state index in [0.29, 0.717) is 24.4 Å². The zero-order valence-electron chi connectivity index (χ0n) is 17.1. The fourth-order valence-corrected chi connectivity index (χ4v) is 3.41. The highest BCUT2D eigenvalue weighted by Gasteiger charge is 2.19. The van der Waals surface area contributed by atoms with Crippen molar-refractivity contribution in [3.63, 3.8) is 0 Å². The second kappa shape index (κ2) is 9.02. The minimum atomic E-state index is -0.386. The van der Waals surface area contributed by atoms with Gasteiger partial charge in [-0.25, -0.2) is 9.97 Å². The number of aromatic nitrogens is 4. The number of hydrogen-bond donors (Lipinski definition) is 2. The van der Waals surface area contributed by atoms with Gasteiger partial charge >= 0.3 is 0 Å². The molecule has 0 spiro atoms. The van der Waals surface area contributed by atoms with Crippen molar-refractivity contribution in [1.82, 2.24) is 19.5 Å². The summed E-state index contributed by atoms with van der Waals surface area (Å²) in [6.45, 7) is 3.12. The van der Waals surface area contributed by atoms with E-state index in [1.807, 2.05) is 65.2 Å². The zero-order valence-corrected chi connectivity index (χ0v) is 17.1. The fourth-order valence-electron chi connectivity index (χ4n) is 3.41. The number of benzene rings is 2. The monoisotopic (exact) mass is 403 g/mol. The highest BCUT2D eigenvalue weighted by atomic mass is 16.5. The lowest BCUT2D eigenvalue weighted by Crippen LogP contribution is -2.19. The van der Waals surface area contributed by atoms with E-state index in [1.54, 1.807) is 13.4 Å². The number of ether oxygens (including phenoxy) is 2. The van der Waals surface area contributed by atoms with Crippen molar-refractivity contribution in [1.29, 1.82) is 5.41 Å². The predicted octanol–water partition coefficient (Wildman–Crippen LogP) is 3.75. The molecule has 0 bridgehead atoms. The largest absolute Gasteiger partial charge is 0.376 e. The van der Waals surface area contributed by atoms with E-state index in [-0.39, 0.29) is 17.6 Å². The molecule has 2 unspecified atom stereocenters. The van der Waals surface area contributed by atoms with Gasteiger partial charge in [-0.15, -0.1) is 0 Å². The second-order valence-electron chi connectivity index (χ2n) is 7.22. The van der Waals surface area contributed by atoms with Gasteiger partial charge in [0.05, 0.1) is 13.2 Å².